The van der Waals surface area contributed by atoms with Crippen LogP contribution in [-0.4, -0.2) is 5.78 Å². The molecule has 0 aliphatic rings. The van der Waals surface area contributed by atoms with Gasteiger partial charge in [-0.15, -0.1) is 0 Å². The number of rotatable bonds is 3. The van der Waals surface area contributed by atoms with Crippen molar-refractivity contribution in [3.8, 4) is 0 Å². The van der Waals surface area contributed by atoms with Crippen LogP contribution in [0.25, 0.3) is 0 Å². The Kier molecular flexibility index (Phi) is 6.51. The van der Waals surface area contributed by atoms with Crippen LogP contribution in [0.1, 0.15) is 10.4 Å². The van der Waals surface area contributed by atoms with Gasteiger partial charge in [0.1, 0.15) is 5.02 Å². The van der Waals surface area contributed by atoms with Crippen LogP contribution in [0, 0.1) is 3.57 Å². The fourth-order valence-electron chi connectivity index (χ4n) is 1.48. The van der Waals surface area contributed by atoms with Crippen LogP contribution >= 0.6 is 34.2 Å². The van der Waals surface area contributed by atoms with E-state index in [2.05, 4.69) is 22.6 Å². The number of hydrogen-bond acceptors (Lipinski definition) is 1. The maximum absolute atomic E-state index is 12.0. The van der Waals surface area contributed by atoms with E-state index >= 15 is 0 Å². The van der Waals surface area contributed by atoms with Crippen molar-refractivity contribution in [1.82, 2.24) is 0 Å². The summed E-state index contributed by atoms with van der Waals surface area (Å²) in [6.07, 6.45) is 3.57. The normalized spacial score (nSPS) is 9.67. The molecule has 1 heterocycles. The van der Waals surface area contributed by atoms with Crippen LogP contribution in [0.4, 0.5) is 0 Å². The fourth-order valence-corrected chi connectivity index (χ4v) is 2.04. The van der Waals surface area contributed by atoms with E-state index in [0.717, 1.165) is 9.13 Å². The maximum atomic E-state index is 12.0. The zero-order valence-electron chi connectivity index (χ0n) is 9.32. The van der Waals surface area contributed by atoms with E-state index < -0.39 is 0 Å². The van der Waals surface area contributed by atoms with Gasteiger partial charge in [0.25, 0.3) is 0 Å². The highest BCUT2D eigenvalue weighted by Gasteiger charge is 2.11. The van der Waals surface area contributed by atoms with Crippen LogP contribution in [0.2, 0.25) is 5.02 Å². The molecule has 0 spiro atoms. The third-order valence-electron chi connectivity index (χ3n) is 2.31. The Morgan fingerprint density at radius 3 is 2.50 bits per heavy atom. The van der Waals surface area contributed by atoms with Crippen LogP contribution in [-0.2, 0) is 6.54 Å². The lowest BCUT2D eigenvalue weighted by molar-refractivity contribution is -0.683. The summed E-state index contributed by atoms with van der Waals surface area (Å²) in [7, 11) is 0. The van der Waals surface area contributed by atoms with Gasteiger partial charge in [-0.2, -0.15) is 4.57 Å². The molecule has 0 aliphatic carbocycles. The van der Waals surface area contributed by atoms with Crippen molar-refractivity contribution in [3.05, 3.63) is 62.9 Å². The first kappa shape index (κ1) is 15.8. The average molecular weight is 485 g/mol. The lowest BCUT2D eigenvalue weighted by Crippen LogP contribution is -3.00. The van der Waals surface area contributed by atoms with Crippen molar-refractivity contribution in [2.45, 2.75) is 6.54 Å². The molecule has 0 aliphatic heterocycles. The number of aromatic nitrogens is 1. The molecule has 0 amide bonds. The molecule has 18 heavy (non-hydrogen) atoms. The molecule has 0 saturated heterocycles. The van der Waals surface area contributed by atoms with E-state index in [4.69, 9.17) is 11.6 Å². The SMILES string of the molecule is O=C(C[n+]1cccc(Cl)c1)c1ccc(I)cc1.[I-]. The van der Waals surface area contributed by atoms with E-state index in [1.165, 1.54) is 0 Å². The van der Waals surface area contributed by atoms with Gasteiger partial charge < -0.3 is 24.0 Å². The molecular formula is C13H10ClI2NO. The number of Topliss-reactive ketones (excluding diaryl/α,β-unsaturated/α-hetero) is 1. The predicted molar refractivity (Wildman–Crippen MR) is 75.1 cm³/mol. The van der Waals surface area contributed by atoms with Crippen LogP contribution < -0.4 is 28.5 Å². The Bertz CT molecular complexity index is 543. The van der Waals surface area contributed by atoms with Gasteiger partial charge in [0, 0.05) is 15.2 Å². The Morgan fingerprint density at radius 2 is 1.89 bits per heavy atom. The molecular weight excluding hydrogens is 475 g/mol. The van der Waals surface area contributed by atoms with Crippen molar-refractivity contribution in [2.75, 3.05) is 0 Å². The Morgan fingerprint density at radius 1 is 1.22 bits per heavy atom. The largest absolute Gasteiger partial charge is 1.00 e. The Hall–Kier alpha value is -0.210. The van der Waals surface area contributed by atoms with Crippen LogP contribution in [0.3, 0.4) is 0 Å². The standard InChI is InChI=1S/C13H10ClINO.HI/c14-11-2-1-7-16(8-11)9-13(17)10-3-5-12(15)6-4-10;/h1-8H,9H2;1H/q+1;/p-1. The number of nitrogens with zero attached hydrogens (tertiary/aromatic N) is 1. The molecule has 2 rings (SSSR count). The van der Waals surface area contributed by atoms with E-state index in [1.54, 1.807) is 16.8 Å². The molecule has 94 valence electrons. The molecule has 1 aromatic carbocycles. The lowest BCUT2D eigenvalue weighted by atomic mass is 10.1. The van der Waals surface area contributed by atoms with Crippen LogP contribution in [0.15, 0.2) is 48.8 Å². The molecule has 0 N–H and O–H groups in total. The summed E-state index contributed by atoms with van der Waals surface area (Å²) in [5.74, 6) is 0.0775. The minimum absolute atomic E-state index is 0. The van der Waals surface area contributed by atoms with Gasteiger partial charge in [-0.05, 0) is 40.8 Å². The molecule has 2 aromatic rings. The van der Waals surface area contributed by atoms with Gasteiger partial charge in [-0.1, -0.05) is 23.7 Å². The van der Waals surface area contributed by atoms with Gasteiger partial charge in [0.2, 0.25) is 12.3 Å². The van der Waals surface area contributed by atoms with Crippen molar-refractivity contribution >= 4 is 40.0 Å². The number of carbonyl (C=O) groups is 1. The molecule has 0 fully saturated rings. The second kappa shape index (κ2) is 7.40. The molecule has 5 heteroatoms. The third-order valence-corrected chi connectivity index (χ3v) is 3.26. The highest BCUT2D eigenvalue weighted by molar-refractivity contribution is 14.1. The molecule has 0 bridgehead atoms. The second-order valence-corrected chi connectivity index (χ2v) is 5.31. The average Bonchev–Trinajstić information content (AvgIpc) is 2.29. The third kappa shape index (κ3) is 4.47. The molecule has 2 nitrogen and oxygen atoms in total. The monoisotopic (exact) mass is 485 g/mol. The summed E-state index contributed by atoms with van der Waals surface area (Å²) >= 11 is 8.08. The van der Waals surface area contributed by atoms with E-state index in [1.807, 2.05) is 36.5 Å². The maximum Gasteiger partial charge on any atom is 0.227 e. The molecule has 0 unspecified atom stereocenters. The highest BCUT2D eigenvalue weighted by Crippen LogP contribution is 2.08. The predicted octanol–water partition coefficient (Wildman–Crippen LogP) is 0.119. The van der Waals surface area contributed by atoms with E-state index in [9.17, 15) is 4.79 Å². The molecule has 0 saturated carbocycles. The number of pyridine rings is 1. The second-order valence-electron chi connectivity index (χ2n) is 3.62. The highest BCUT2D eigenvalue weighted by atomic mass is 127. The summed E-state index contributed by atoms with van der Waals surface area (Å²) in [6, 6.07) is 11.1. The zero-order chi connectivity index (χ0) is 12.3. The summed E-state index contributed by atoms with van der Waals surface area (Å²) in [5, 5.41) is 0.628. The number of hydrogen-bond donors (Lipinski definition) is 0. The van der Waals surface area contributed by atoms with Crippen molar-refractivity contribution < 1.29 is 33.3 Å². The first-order chi connectivity index (χ1) is 8.15. The van der Waals surface area contributed by atoms with Crippen molar-refractivity contribution in [2.24, 2.45) is 0 Å². The number of carbonyl (C=O) groups excluding carboxylic acids is 1. The minimum Gasteiger partial charge on any atom is -1.00 e. The summed E-state index contributed by atoms with van der Waals surface area (Å²) in [5.41, 5.74) is 0.720. The number of halogens is 3. The lowest BCUT2D eigenvalue weighted by Gasteiger charge is -1.98. The topological polar surface area (TPSA) is 20.9 Å². The zero-order valence-corrected chi connectivity index (χ0v) is 14.4. The van der Waals surface area contributed by atoms with Gasteiger partial charge in [-0.25, -0.2) is 0 Å². The van der Waals surface area contributed by atoms with Gasteiger partial charge in [0.05, 0.1) is 0 Å². The summed E-state index contributed by atoms with van der Waals surface area (Å²) in [6.45, 7) is 0.307. The smallest absolute Gasteiger partial charge is 0.227 e. The summed E-state index contributed by atoms with van der Waals surface area (Å²) in [4.78, 5) is 12.0. The number of ketones is 1. The first-order valence-corrected chi connectivity index (χ1v) is 6.54. The minimum atomic E-state index is 0. The van der Waals surface area contributed by atoms with Crippen molar-refractivity contribution in [3.63, 3.8) is 0 Å². The molecule has 0 radical (unpaired) electrons. The number of benzene rings is 1. The van der Waals surface area contributed by atoms with Gasteiger partial charge in [0.15, 0.2) is 12.4 Å². The fraction of sp³-hybridized carbons (Fsp3) is 0.0769. The summed E-state index contributed by atoms with van der Waals surface area (Å²) < 4.78 is 2.90. The van der Waals surface area contributed by atoms with Gasteiger partial charge in [-0.3, -0.25) is 4.79 Å². The van der Waals surface area contributed by atoms with E-state index in [0.29, 0.717) is 11.6 Å². The molecule has 0 atom stereocenters. The first-order valence-electron chi connectivity index (χ1n) is 5.08. The quantitative estimate of drug-likeness (QED) is 0.344. The van der Waals surface area contributed by atoms with Crippen molar-refractivity contribution in [1.29, 1.82) is 0 Å². The Balaban J connectivity index is 0.00000162. The molecule has 1 aromatic heterocycles. The van der Waals surface area contributed by atoms with Gasteiger partial charge >= 0.3 is 0 Å². The Labute approximate surface area is 142 Å². The van der Waals surface area contributed by atoms with Crippen LogP contribution in [0.5, 0.6) is 0 Å². The van der Waals surface area contributed by atoms with E-state index in [-0.39, 0.29) is 29.8 Å².